The third-order valence-electron chi connectivity index (χ3n) is 4.10. The van der Waals surface area contributed by atoms with Gasteiger partial charge < -0.3 is 19.6 Å². The Hall–Kier alpha value is -3.83. The molecule has 3 amide bonds. The van der Waals surface area contributed by atoms with E-state index in [1.54, 1.807) is 6.07 Å². The summed E-state index contributed by atoms with van der Waals surface area (Å²) in [6.45, 7) is 7.02. The van der Waals surface area contributed by atoms with Crippen molar-refractivity contribution in [3.05, 3.63) is 53.4 Å². The van der Waals surface area contributed by atoms with Gasteiger partial charge in [0.2, 0.25) is 5.76 Å². The van der Waals surface area contributed by atoms with Gasteiger partial charge in [0.1, 0.15) is 5.76 Å². The highest BCUT2D eigenvalue weighted by molar-refractivity contribution is 6.04. The van der Waals surface area contributed by atoms with Gasteiger partial charge in [0.25, 0.3) is 5.91 Å². The van der Waals surface area contributed by atoms with Gasteiger partial charge in [0, 0.05) is 29.8 Å². The molecule has 0 aliphatic rings. The average molecular weight is 451 g/mol. The molecule has 0 radical (unpaired) electrons. The largest absolute Gasteiger partial charge is 0.452 e. The second-order valence-corrected chi connectivity index (χ2v) is 7.85. The summed E-state index contributed by atoms with van der Waals surface area (Å²) in [5, 5.41) is 11.2. The lowest BCUT2D eigenvalue weighted by Gasteiger charge is -2.12. The van der Waals surface area contributed by atoms with Crippen LogP contribution < -0.4 is 16.0 Å². The summed E-state index contributed by atoms with van der Waals surface area (Å²) in [7, 11) is 0. The van der Waals surface area contributed by atoms with Crippen molar-refractivity contribution in [3.8, 4) is 0 Å². The number of aromatic nitrogens is 2. The number of oxazole rings is 1. The SMILES string of the molecule is Cc1nc(C(=O)Nc2ccc(NC(=O)Nc3cc(C(C)(C)C)on3)cc2)c(C(F)(F)F)o1. The number of nitrogens with zero attached hydrogens (tertiary/aromatic N) is 2. The molecule has 0 aliphatic carbocycles. The molecule has 0 fully saturated rings. The molecule has 3 rings (SSSR count). The predicted octanol–water partition coefficient (Wildman–Crippen LogP) is 5.18. The first-order valence-corrected chi connectivity index (χ1v) is 9.34. The first-order chi connectivity index (χ1) is 14.8. The van der Waals surface area contributed by atoms with E-state index in [4.69, 9.17) is 4.52 Å². The number of rotatable bonds is 4. The standard InChI is InChI=1S/C20H20F3N5O4/c1-10-24-15(16(31-10)20(21,22)23)17(29)25-11-5-7-12(8-6-11)26-18(30)27-14-9-13(32-28-14)19(2,3)4/h5-9H,1-4H3,(H,25,29)(H2,26,27,28,30). The first kappa shape index (κ1) is 22.8. The minimum absolute atomic E-state index is 0.195. The molecule has 0 atom stereocenters. The zero-order chi connectivity index (χ0) is 23.7. The van der Waals surface area contributed by atoms with Crippen molar-refractivity contribution in [3.63, 3.8) is 0 Å². The molecule has 12 heteroatoms. The van der Waals surface area contributed by atoms with E-state index in [2.05, 4.69) is 30.5 Å². The number of carbonyl (C=O) groups is 2. The summed E-state index contributed by atoms with van der Waals surface area (Å²) >= 11 is 0. The monoisotopic (exact) mass is 451 g/mol. The fourth-order valence-electron chi connectivity index (χ4n) is 2.57. The number of carbonyl (C=O) groups excluding carboxylic acids is 2. The average Bonchev–Trinajstić information content (AvgIpc) is 3.29. The van der Waals surface area contributed by atoms with Crippen molar-refractivity contribution in [2.24, 2.45) is 0 Å². The number of hydrogen-bond acceptors (Lipinski definition) is 6. The summed E-state index contributed by atoms with van der Waals surface area (Å²) < 4.78 is 48.6. The molecule has 3 aromatic rings. The van der Waals surface area contributed by atoms with Crippen molar-refractivity contribution in [1.82, 2.24) is 10.1 Å². The van der Waals surface area contributed by atoms with Crippen LogP contribution in [0.25, 0.3) is 0 Å². The molecule has 2 aromatic heterocycles. The van der Waals surface area contributed by atoms with Crippen LogP contribution in [0.2, 0.25) is 0 Å². The van der Waals surface area contributed by atoms with Crippen LogP contribution in [0.4, 0.5) is 35.2 Å². The van der Waals surface area contributed by atoms with Crippen molar-refractivity contribution < 1.29 is 31.7 Å². The van der Waals surface area contributed by atoms with Crippen LogP contribution in [-0.2, 0) is 11.6 Å². The Kier molecular flexibility index (Phi) is 5.97. The summed E-state index contributed by atoms with van der Waals surface area (Å²) in [5.74, 6) is -1.99. The van der Waals surface area contributed by atoms with E-state index >= 15 is 0 Å². The van der Waals surface area contributed by atoms with Gasteiger partial charge in [-0.15, -0.1) is 0 Å². The van der Waals surface area contributed by atoms with Gasteiger partial charge in [-0.25, -0.2) is 9.78 Å². The molecule has 1 aromatic carbocycles. The quantitative estimate of drug-likeness (QED) is 0.502. The normalized spacial score (nSPS) is 11.8. The molecule has 0 aliphatic heterocycles. The van der Waals surface area contributed by atoms with Gasteiger partial charge in [0.05, 0.1) is 0 Å². The minimum Gasteiger partial charge on any atom is -0.436 e. The molecule has 2 heterocycles. The lowest BCUT2D eigenvalue weighted by molar-refractivity contribution is -0.153. The molecule has 0 saturated carbocycles. The van der Waals surface area contributed by atoms with Crippen LogP contribution >= 0.6 is 0 Å². The maximum Gasteiger partial charge on any atom is 0.452 e. The molecule has 0 unspecified atom stereocenters. The van der Waals surface area contributed by atoms with Gasteiger partial charge in [0.15, 0.2) is 17.4 Å². The zero-order valence-corrected chi connectivity index (χ0v) is 17.5. The third kappa shape index (κ3) is 5.45. The highest BCUT2D eigenvalue weighted by atomic mass is 19.4. The van der Waals surface area contributed by atoms with Crippen LogP contribution in [-0.4, -0.2) is 22.1 Å². The van der Waals surface area contributed by atoms with Gasteiger partial charge >= 0.3 is 12.2 Å². The fourth-order valence-corrected chi connectivity index (χ4v) is 2.57. The molecule has 0 bridgehead atoms. The lowest BCUT2D eigenvalue weighted by Crippen LogP contribution is -2.20. The Morgan fingerprint density at radius 3 is 2.09 bits per heavy atom. The fraction of sp³-hybridized carbons (Fsp3) is 0.300. The van der Waals surface area contributed by atoms with Crippen molar-refractivity contribution in [2.75, 3.05) is 16.0 Å². The highest BCUT2D eigenvalue weighted by Gasteiger charge is 2.41. The summed E-state index contributed by atoms with van der Waals surface area (Å²) in [5.41, 5.74) is -0.567. The Morgan fingerprint density at radius 1 is 0.969 bits per heavy atom. The van der Waals surface area contributed by atoms with Crippen molar-refractivity contribution in [2.45, 2.75) is 39.3 Å². The van der Waals surface area contributed by atoms with Crippen LogP contribution in [0.5, 0.6) is 0 Å². The number of aryl methyl sites for hydroxylation is 1. The van der Waals surface area contributed by atoms with Crippen LogP contribution in [0.1, 0.15) is 48.7 Å². The molecule has 0 saturated heterocycles. The van der Waals surface area contributed by atoms with E-state index in [9.17, 15) is 22.8 Å². The number of benzene rings is 1. The van der Waals surface area contributed by atoms with E-state index < -0.39 is 29.6 Å². The van der Waals surface area contributed by atoms with Gasteiger partial charge in [-0.05, 0) is 24.3 Å². The molecule has 0 spiro atoms. The molecule has 9 nitrogen and oxygen atoms in total. The third-order valence-corrected chi connectivity index (χ3v) is 4.10. The molecular weight excluding hydrogens is 431 g/mol. The minimum atomic E-state index is -4.85. The van der Waals surface area contributed by atoms with E-state index in [-0.39, 0.29) is 22.8 Å². The maximum atomic E-state index is 13.0. The summed E-state index contributed by atoms with van der Waals surface area (Å²) in [6.07, 6.45) is -4.85. The van der Waals surface area contributed by atoms with Crippen LogP contribution in [0.15, 0.2) is 39.3 Å². The summed E-state index contributed by atoms with van der Waals surface area (Å²) in [4.78, 5) is 27.8. The molecule has 3 N–H and O–H groups in total. The molecule has 170 valence electrons. The molecule has 32 heavy (non-hydrogen) atoms. The smallest absolute Gasteiger partial charge is 0.436 e. The van der Waals surface area contributed by atoms with E-state index in [1.807, 2.05) is 20.8 Å². The van der Waals surface area contributed by atoms with Gasteiger partial charge in [-0.3, -0.25) is 10.1 Å². The molecular formula is C20H20F3N5O4. The number of anilines is 3. The van der Waals surface area contributed by atoms with E-state index in [0.29, 0.717) is 11.4 Å². The second-order valence-electron chi connectivity index (χ2n) is 7.85. The topological polar surface area (TPSA) is 122 Å². The number of hydrogen-bond donors (Lipinski definition) is 3. The number of halogens is 3. The van der Waals surface area contributed by atoms with Gasteiger partial charge in [-0.2, -0.15) is 13.2 Å². The first-order valence-electron chi connectivity index (χ1n) is 9.34. The predicted molar refractivity (Wildman–Crippen MR) is 108 cm³/mol. The number of amides is 3. The second kappa shape index (κ2) is 8.36. The zero-order valence-electron chi connectivity index (χ0n) is 17.5. The van der Waals surface area contributed by atoms with E-state index in [1.165, 1.54) is 31.2 Å². The van der Waals surface area contributed by atoms with E-state index in [0.717, 1.165) is 0 Å². The van der Waals surface area contributed by atoms with Crippen LogP contribution in [0, 0.1) is 6.92 Å². The number of urea groups is 1. The van der Waals surface area contributed by atoms with Crippen LogP contribution in [0.3, 0.4) is 0 Å². The Bertz CT molecular complexity index is 1130. The summed E-state index contributed by atoms with van der Waals surface area (Å²) in [6, 6.07) is 6.75. The highest BCUT2D eigenvalue weighted by Crippen LogP contribution is 2.33. The van der Waals surface area contributed by atoms with Crippen molar-refractivity contribution in [1.29, 1.82) is 0 Å². The maximum absolute atomic E-state index is 13.0. The number of alkyl halides is 3. The van der Waals surface area contributed by atoms with Crippen molar-refractivity contribution >= 4 is 29.1 Å². The van der Waals surface area contributed by atoms with Gasteiger partial charge in [-0.1, -0.05) is 25.9 Å². The Balaban J connectivity index is 1.61. The Morgan fingerprint density at radius 2 is 1.56 bits per heavy atom. The lowest BCUT2D eigenvalue weighted by atomic mass is 9.93. The number of nitrogens with one attached hydrogen (secondary N) is 3. The Labute approximate surface area is 180 Å².